The van der Waals surface area contributed by atoms with Gasteiger partial charge in [-0.2, -0.15) is 0 Å². The molecule has 2 rings (SSSR count). The number of allylic oxidation sites excluding steroid dienone is 1. The molecule has 1 unspecified atom stereocenters. The Bertz CT molecular complexity index is 331. The smallest absolute Gasteiger partial charge is 0.0135 e. The van der Waals surface area contributed by atoms with Crippen molar-refractivity contribution in [3.63, 3.8) is 0 Å². The monoisotopic (exact) mass is 237 g/mol. The van der Waals surface area contributed by atoms with E-state index in [1.807, 2.05) is 0 Å². The second kappa shape index (κ2) is 5.69. The summed E-state index contributed by atoms with van der Waals surface area (Å²) in [5, 5.41) is 0. The zero-order chi connectivity index (χ0) is 10.6. The maximum Gasteiger partial charge on any atom is 0.0135 e. The zero-order valence-electron chi connectivity index (χ0n) is 9.17. The van der Waals surface area contributed by atoms with E-state index in [-0.39, 0.29) is 0 Å². The molecule has 0 nitrogen and oxygen atoms in total. The van der Waals surface area contributed by atoms with Gasteiger partial charge in [0.05, 0.1) is 0 Å². The average Bonchev–Trinajstić information content (AvgIpc) is 2.45. The standard InChI is InChI=1S/C10H9.C2H8Si.Ti/c1-8-6-9-4-2-3-5-10(9)7-8;1-3-2;/h2-7H,1H3;3H2,1-2H3;. The van der Waals surface area contributed by atoms with E-state index in [1.165, 1.54) is 16.7 Å². The van der Waals surface area contributed by atoms with Crippen LogP contribution in [0.4, 0.5) is 0 Å². The molecule has 0 aliphatic heterocycles. The number of fused-ring (bicyclic) bond motifs is 1. The van der Waals surface area contributed by atoms with Crippen molar-refractivity contribution in [2.24, 2.45) is 0 Å². The van der Waals surface area contributed by atoms with Crippen LogP contribution in [-0.2, 0) is 20.4 Å². The number of hydrogen-bond acceptors (Lipinski definition) is 0. The molecule has 0 saturated carbocycles. The molecule has 1 aromatic carbocycles. The molecule has 0 saturated heterocycles. The van der Waals surface area contributed by atoms with E-state index in [0.29, 0.717) is 13.7 Å². The van der Waals surface area contributed by atoms with Gasteiger partial charge in [0.15, 0.2) is 0 Å². The second-order valence-corrected chi connectivity index (χ2v) is 5.97. The quantitative estimate of drug-likeness (QED) is 0.608. The Balaban J connectivity index is 0.000000293. The van der Waals surface area contributed by atoms with E-state index in [2.05, 4.69) is 70.8 Å². The van der Waals surface area contributed by atoms with Crippen molar-refractivity contribution in [3.05, 3.63) is 41.0 Å². The predicted octanol–water partition coefficient (Wildman–Crippen LogP) is 2.94. The van der Waals surface area contributed by atoms with Crippen LogP contribution >= 0.6 is 0 Å². The molecular weight excluding hydrogens is 220 g/mol. The molecule has 1 atom stereocenters. The molecule has 0 heterocycles. The van der Waals surface area contributed by atoms with Gasteiger partial charge in [-0.1, -0.05) is 13.1 Å². The third kappa shape index (κ3) is 2.69. The Morgan fingerprint density at radius 2 is 1.79 bits per heavy atom. The Hall–Kier alpha value is -0.109. The minimum Gasteiger partial charge on any atom is -0.0750 e. The molecule has 0 N–H and O–H groups in total. The molecule has 14 heavy (non-hydrogen) atoms. The summed E-state index contributed by atoms with van der Waals surface area (Å²) < 4.78 is 0.631. The van der Waals surface area contributed by atoms with E-state index < -0.39 is 0 Å². The van der Waals surface area contributed by atoms with Crippen LogP contribution in [0.15, 0.2) is 29.8 Å². The fourth-order valence-corrected chi connectivity index (χ4v) is 2.02. The number of rotatable bonds is 0. The predicted molar refractivity (Wildman–Crippen MR) is 63.1 cm³/mol. The van der Waals surface area contributed by atoms with E-state index in [0.717, 1.165) is 0 Å². The Morgan fingerprint density at radius 1 is 1.21 bits per heavy atom. The van der Waals surface area contributed by atoms with Crippen molar-refractivity contribution in [2.75, 3.05) is 0 Å². The first-order valence-corrected chi connectivity index (χ1v) is 8.91. The molecule has 1 aromatic rings. The largest absolute Gasteiger partial charge is 0.0750 e. The van der Waals surface area contributed by atoms with E-state index in [1.54, 1.807) is 0 Å². The summed E-state index contributed by atoms with van der Waals surface area (Å²) in [7, 11) is 0.417. The van der Waals surface area contributed by atoms with Gasteiger partial charge in [-0.05, 0) is 0 Å². The van der Waals surface area contributed by atoms with Crippen molar-refractivity contribution in [1.82, 2.24) is 0 Å². The maximum absolute atomic E-state index is 2.28. The van der Waals surface area contributed by atoms with Crippen LogP contribution in [-0.4, -0.2) is 9.52 Å². The van der Waals surface area contributed by atoms with E-state index in [9.17, 15) is 0 Å². The number of benzene rings is 1. The van der Waals surface area contributed by atoms with Crippen LogP contribution in [0.25, 0.3) is 6.08 Å². The van der Waals surface area contributed by atoms with Crippen molar-refractivity contribution in [2.45, 2.75) is 24.2 Å². The van der Waals surface area contributed by atoms with Crippen molar-refractivity contribution in [1.29, 1.82) is 0 Å². The Morgan fingerprint density at radius 3 is 2.36 bits per heavy atom. The van der Waals surface area contributed by atoms with Crippen LogP contribution in [0, 0.1) is 0 Å². The van der Waals surface area contributed by atoms with Gasteiger partial charge in [-0.15, -0.1) is 0 Å². The van der Waals surface area contributed by atoms with Crippen molar-refractivity contribution in [3.8, 4) is 0 Å². The number of hydrogen-bond donors (Lipinski definition) is 0. The Kier molecular flexibility index (Phi) is 4.87. The van der Waals surface area contributed by atoms with Crippen molar-refractivity contribution < 1.29 is 20.4 Å². The van der Waals surface area contributed by atoms with E-state index in [4.69, 9.17) is 0 Å². The molecule has 0 spiro atoms. The van der Waals surface area contributed by atoms with Crippen LogP contribution in [0.2, 0.25) is 13.1 Å². The first kappa shape index (κ1) is 12.0. The molecule has 2 heteroatoms. The minimum atomic E-state index is 0.417. The summed E-state index contributed by atoms with van der Waals surface area (Å²) in [6.45, 7) is 6.73. The van der Waals surface area contributed by atoms with Gasteiger partial charge in [0.25, 0.3) is 0 Å². The first-order chi connectivity index (χ1) is 6.70. The summed E-state index contributed by atoms with van der Waals surface area (Å²) in [6, 6.07) is 8.61. The summed E-state index contributed by atoms with van der Waals surface area (Å²) >= 11 is 2.26. The minimum absolute atomic E-state index is 0.417. The van der Waals surface area contributed by atoms with Crippen LogP contribution < -0.4 is 0 Å². The van der Waals surface area contributed by atoms with Gasteiger partial charge in [0.1, 0.15) is 0 Å². The molecule has 73 valence electrons. The fraction of sp³-hybridized carbons (Fsp3) is 0.333. The maximum atomic E-state index is 2.28. The molecule has 1 aliphatic rings. The van der Waals surface area contributed by atoms with Crippen LogP contribution in [0.3, 0.4) is 0 Å². The van der Waals surface area contributed by atoms with Crippen molar-refractivity contribution >= 4 is 15.6 Å². The van der Waals surface area contributed by atoms with Gasteiger partial charge >= 0.3 is 78.6 Å². The SMILES string of the molecule is CC1=Cc2ccccc2[CH]1[Ti].C[SiH2]C. The average molecular weight is 237 g/mol. The molecule has 0 radical (unpaired) electrons. The fourth-order valence-electron chi connectivity index (χ4n) is 1.48. The van der Waals surface area contributed by atoms with Crippen LogP contribution in [0.1, 0.15) is 22.3 Å². The third-order valence-corrected chi connectivity index (χ3v) is 3.34. The molecule has 0 bridgehead atoms. The molecule has 0 amide bonds. The first-order valence-electron chi connectivity index (χ1n) is 5.18. The topological polar surface area (TPSA) is 0 Å². The molecule has 0 aromatic heterocycles. The summed E-state index contributed by atoms with van der Waals surface area (Å²) in [5.74, 6) is 0. The molecule has 1 aliphatic carbocycles. The van der Waals surface area contributed by atoms with Gasteiger partial charge < -0.3 is 0 Å². The molecule has 0 fully saturated rings. The van der Waals surface area contributed by atoms with Gasteiger partial charge in [-0.25, -0.2) is 0 Å². The molecular formula is C12H17SiTi. The van der Waals surface area contributed by atoms with Gasteiger partial charge in [-0.3, -0.25) is 0 Å². The van der Waals surface area contributed by atoms with Gasteiger partial charge in [0.2, 0.25) is 0 Å². The summed E-state index contributed by atoms with van der Waals surface area (Å²) in [4.78, 5) is 0. The third-order valence-electron chi connectivity index (χ3n) is 2.15. The second-order valence-electron chi connectivity index (χ2n) is 3.66. The summed E-state index contributed by atoms with van der Waals surface area (Å²) in [5.41, 5.74) is 4.36. The normalized spacial score (nSPS) is 17.9. The van der Waals surface area contributed by atoms with Gasteiger partial charge in [0, 0.05) is 9.52 Å². The Labute approximate surface area is 101 Å². The summed E-state index contributed by atoms with van der Waals surface area (Å²) in [6.07, 6.45) is 2.28. The van der Waals surface area contributed by atoms with E-state index >= 15 is 0 Å². The van der Waals surface area contributed by atoms with Crippen LogP contribution in [0.5, 0.6) is 0 Å². The zero-order valence-corrected chi connectivity index (χ0v) is 12.1.